The van der Waals surface area contributed by atoms with Gasteiger partial charge in [-0.2, -0.15) is 8.42 Å². The van der Waals surface area contributed by atoms with E-state index in [9.17, 15) is 17.6 Å². The number of aryl methyl sites for hydroxylation is 1. The fourth-order valence-electron chi connectivity index (χ4n) is 2.33. The number of rotatable bonds is 4. The molecule has 0 atom stereocenters. The summed E-state index contributed by atoms with van der Waals surface area (Å²) in [7, 11) is -2.30. The van der Waals surface area contributed by atoms with Crippen LogP contribution in [0.25, 0.3) is 10.2 Å². The normalized spacial score (nSPS) is 12.5. The van der Waals surface area contributed by atoms with E-state index in [2.05, 4.69) is 4.40 Å². The number of sulfonamides is 1. The van der Waals surface area contributed by atoms with Crippen molar-refractivity contribution in [3.05, 3.63) is 58.6 Å². The highest BCUT2D eigenvalue weighted by Crippen LogP contribution is 2.20. The Hall–Kier alpha value is -2.52. The molecule has 9 heteroatoms. The molecule has 26 heavy (non-hydrogen) atoms. The molecule has 136 valence electrons. The molecule has 0 saturated carbocycles. The maximum absolute atomic E-state index is 13.0. The third-order valence-electron chi connectivity index (χ3n) is 3.63. The summed E-state index contributed by atoms with van der Waals surface area (Å²) in [5.74, 6) is -0.967. The molecule has 0 amide bonds. The van der Waals surface area contributed by atoms with E-state index >= 15 is 0 Å². The van der Waals surface area contributed by atoms with Gasteiger partial charge in [-0.15, -0.1) is 4.40 Å². The van der Waals surface area contributed by atoms with E-state index in [-0.39, 0.29) is 16.3 Å². The summed E-state index contributed by atoms with van der Waals surface area (Å²) in [5, 5.41) is 0. The number of aromatic nitrogens is 1. The lowest BCUT2D eigenvalue weighted by Gasteiger charge is -2.01. The summed E-state index contributed by atoms with van der Waals surface area (Å²) < 4.78 is 49.0. The molecule has 0 bridgehead atoms. The van der Waals surface area contributed by atoms with Crippen LogP contribution in [0.1, 0.15) is 17.3 Å². The summed E-state index contributed by atoms with van der Waals surface area (Å²) >= 11 is 1.13. The number of thiazole rings is 1. The van der Waals surface area contributed by atoms with Gasteiger partial charge in [0.15, 0.2) is 0 Å². The fraction of sp³-hybridized carbons (Fsp3) is 0.176. The Labute approximate surface area is 153 Å². The number of benzene rings is 2. The molecule has 6 nitrogen and oxygen atoms in total. The maximum Gasteiger partial charge on any atom is 0.338 e. The zero-order chi connectivity index (χ0) is 18.9. The number of carbonyl (C=O) groups is 1. The standard InChI is InChI=1S/C17H15FN2O4S2/c1-3-24-16(21)11-4-9-14-15(10-11)25-17(20(14)2)19-26(22,23)13-7-5-12(18)6-8-13/h4-10H,3H2,1-2H3/b19-17-. The molecule has 0 spiro atoms. The van der Waals surface area contributed by atoms with Crippen LogP contribution in [0.4, 0.5) is 4.39 Å². The molecular weight excluding hydrogens is 379 g/mol. The van der Waals surface area contributed by atoms with Crippen LogP contribution in [0, 0.1) is 5.82 Å². The van der Waals surface area contributed by atoms with Gasteiger partial charge in [0.25, 0.3) is 10.0 Å². The Bertz CT molecular complexity index is 1150. The van der Waals surface area contributed by atoms with Crippen LogP contribution in [0.5, 0.6) is 0 Å². The van der Waals surface area contributed by atoms with Crippen molar-refractivity contribution in [3.63, 3.8) is 0 Å². The van der Waals surface area contributed by atoms with Crippen molar-refractivity contribution in [1.29, 1.82) is 0 Å². The van der Waals surface area contributed by atoms with Crippen LogP contribution < -0.4 is 4.80 Å². The van der Waals surface area contributed by atoms with Gasteiger partial charge in [-0.3, -0.25) is 0 Å². The number of ether oxygens (including phenoxy) is 1. The number of halogens is 1. The molecule has 0 aliphatic heterocycles. The smallest absolute Gasteiger partial charge is 0.338 e. The van der Waals surface area contributed by atoms with E-state index in [1.54, 1.807) is 36.7 Å². The first-order valence-electron chi connectivity index (χ1n) is 7.65. The predicted octanol–water partition coefficient (Wildman–Crippen LogP) is 2.85. The molecule has 1 heterocycles. The number of hydrogen-bond acceptors (Lipinski definition) is 5. The van der Waals surface area contributed by atoms with Crippen molar-refractivity contribution in [3.8, 4) is 0 Å². The van der Waals surface area contributed by atoms with Gasteiger partial charge in [0.2, 0.25) is 4.80 Å². The molecule has 1 aromatic heterocycles. The predicted molar refractivity (Wildman–Crippen MR) is 95.9 cm³/mol. The molecular formula is C17H15FN2O4S2. The average Bonchev–Trinajstić information content (AvgIpc) is 2.90. The van der Waals surface area contributed by atoms with E-state index in [1.165, 1.54) is 12.1 Å². The summed E-state index contributed by atoms with van der Waals surface area (Å²) in [6.45, 7) is 1.99. The van der Waals surface area contributed by atoms with E-state index in [0.717, 1.165) is 29.0 Å². The van der Waals surface area contributed by atoms with Crippen molar-refractivity contribution in [1.82, 2.24) is 4.57 Å². The third-order valence-corrected chi connectivity index (χ3v) is 6.12. The molecule has 2 aromatic carbocycles. The highest BCUT2D eigenvalue weighted by Gasteiger charge is 2.15. The second-order valence-electron chi connectivity index (χ2n) is 5.37. The molecule has 0 fully saturated rings. The molecule has 3 rings (SSSR count). The van der Waals surface area contributed by atoms with Gasteiger partial charge in [0, 0.05) is 7.05 Å². The van der Waals surface area contributed by atoms with Gasteiger partial charge < -0.3 is 9.30 Å². The Morgan fingerprint density at radius 3 is 2.58 bits per heavy atom. The van der Waals surface area contributed by atoms with Crippen molar-refractivity contribution in [2.24, 2.45) is 11.4 Å². The van der Waals surface area contributed by atoms with Crippen molar-refractivity contribution < 1.29 is 22.3 Å². The van der Waals surface area contributed by atoms with Gasteiger partial charge in [-0.05, 0) is 49.4 Å². The lowest BCUT2D eigenvalue weighted by molar-refractivity contribution is 0.0526. The molecule has 0 aliphatic rings. The monoisotopic (exact) mass is 394 g/mol. The summed E-state index contributed by atoms with van der Waals surface area (Å²) in [6.07, 6.45) is 0. The first kappa shape index (κ1) is 18.3. The van der Waals surface area contributed by atoms with Gasteiger partial charge in [0.05, 0.1) is 27.3 Å². The zero-order valence-electron chi connectivity index (χ0n) is 14.0. The topological polar surface area (TPSA) is 77.7 Å². The Kier molecular flexibility index (Phi) is 4.92. The van der Waals surface area contributed by atoms with Gasteiger partial charge in [-0.25, -0.2) is 9.18 Å². The number of esters is 1. The maximum atomic E-state index is 13.0. The molecule has 0 saturated heterocycles. The van der Waals surface area contributed by atoms with Gasteiger partial charge >= 0.3 is 5.97 Å². The lowest BCUT2D eigenvalue weighted by Crippen LogP contribution is -2.13. The molecule has 0 radical (unpaired) electrons. The van der Waals surface area contributed by atoms with E-state index in [1.807, 2.05) is 0 Å². The van der Waals surface area contributed by atoms with Crippen LogP contribution in [0.15, 0.2) is 51.8 Å². The molecule has 0 aliphatic carbocycles. The summed E-state index contributed by atoms with van der Waals surface area (Å²) in [6, 6.07) is 9.44. The van der Waals surface area contributed by atoms with Crippen molar-refractivity contribution in [2.75, 3.05) is 6.61 Å². The largest absolute Gasteiger partial charge is 0.462 e. The minimum atomic E-state index is -3.98. The van der Waals surface area contributed by atoms with Crippen LogP contribution in [-0.4, -0.2) is 25.6 Å². The SMILES string of the molecule is CCOC(=O)c1ccc2c(c1)s/c(=N\S(=O)(=O)c1ccc(F)cc1)n2C. The average molecular weight is 394 g/mol. The molecule has 0 N–H and O–H groups in total. The number of nitrogens with zero attached hydrogens (tertiary/aromatic N) is 2. The Morgan fingerprint density at radius 1 is 1.23 bits per heavy atom. The number of carbonyl (C=O) groups excluding carboxylic acids is 1. The lowest BCUT2D eigenvalue weighted by atomic mass is 10.2. The van der Waals surface area contributed by atoms with Crippen LogP contribution in [0.2, 0.25) is 0 Å². The second-order valence-corrected chi connectivity index (χ2v) is 7.98. The van der Waals surface area contributed by atoms with Crippen LogP contribution in [-0.2, 0) is 21.8 Å². The van der Waals surface area contributed by atoms with E-state index < -0.39 is 21.8 Å². The van der Waals surface area contributed by atoms with Crippen LogP contribution in [0.3, 0.4) is 0 Å². The first-order chi connectivity index (χ1) is 12.3. The first-order valence-corrected chi connectivity index (χ1v) is 9.91. The van der Waals surface area contributed by atoms with Gasteiger partial charge in [0.1, 0.15) is 5.82 Å². The Balaban J connectivity index is 2.10. The van der Waals surface area contributed by atoms with Crippen LogP contribution >= 0.6 is 11.3 Å². The van der Waals surface area contributed by atoms with E-state index in [4.69, 9.17) is 4.74 Å². The van der Waals surface area contributed by atoms with Crippen molar-refractivity contribution >= 4 is 37.5 Å². The minimum Gasteiger partial charge on any atom is -0.462 e. The highest BCUT2D eigenvalue weighted by molar-refractivity contribution is 7.90. The molecule has 3 aromatic rings. The quantitative estimate of drug-likeness (QED) is 0.638. The zero-order valence-corrected chi connectivity index (χ0v) is 15.6. The third kappa shape index (κ3) is 3.54. The fourth-order valence-corrected chi connectivity index (χ4v) is 4.61. The van der Waals surface area contributed by atoms with Crippen molar-refractivity contribution in [2.45, 2.75) is 11.8 Å². The summed E-state index contributed by atoms with van der Waals surface area (Å²) in [4.78, 5) is 12.0. The van der Waals surface area contributed by atoms with Gasteiger partial charge in [-0.1, -0.05) is 11.3 Å². The minimum absolute atomic E-state index is 0.0939. The number of hydrogen-bond donors (Lipinski definition) is 0. The van der Waals surface area contributed by atoms with E-state index in [0.29, 0.717) is 10.3 Å². The summed E-state index contributed by atoms with van der Waals surface area (Å²) in [5.41, 5.74) is 1.12. The highest BCUT2D eigenvalue weighted by atomic mass is 32.2. The number of fused-ring (bicyclic) bond motifs is 1. The second kappa shape index (κ2) is 7.00. The molecule has 0 unspecified atom stereocenters. The Morgan fingerprint density at radius 2 is 1.92 bits per heavy atom.